The van der Waals surface area contributed by atoms with E-state index in [0.717, 1.165) is 32.1 Å². The topological polar surface area (TPSA) is 39.1 Å². The maximum absolute atomic E-state index is 5.04. The molecule has 1 aromatic heterocycles. The summed E-state index contributed by atoms with van der Waals surface area (Å²) < 4.78 is 7.30. The first-order valence-corrected chi connectivity index (χ1v) is 6.97. The van der Waals surface area contributed by atoms with Crippen LogP contribution in [0.15, 0.2) is 30.5 Å². The molecule has 0 saturated carbocycles. The summed E-state index contributed by atoms with van der Waals surface area (Å²) >= 11 is 0. The van der Waals surface area contributed by atoms with E-state index in [1.54, 1.807) is 7.11 Å². The van der Waals surface area contributed by atoms with Crippen LogP contribution in [-0.4, -0.2) is 29.8 Å². The van der Waals surface area contributed by atoms with E-state index < -0.39 is 0 Å². The molecule has 0 bridgehead atoms. The van der Waals surface area contributed by atoms with Crippen LogP contribution in [0, 0.1) is 13.8 Å². The van der Waals surface area contributed by atoms with Gasteiger partial charge in [-0.2, -0.15) is 0 Å². The number of benzene rings is 1. The smallest absolute Gasteiger partial charge is 0.106 e. The largest absolute Gasteiger partial charge is 0.383 e. The van der Waals surface area contributed by atoms with E-state index in [9.17, 15) is 0 Å². The summed E-state index contributed by atoms with van der Waals surface area (Å²) in [4.78, 5) is 4.43. The highest BCUT2D eigenvalue weighted by Gasteiger charge is 2.07. The van der Waals surface area contributed by atoms with Crippen molar-refractivity contribution in [3.8, 4) is 0 Å². The second-order valence-corrected chi connectivity index (χ2v) is 5.04. The lowest BCUT2D eigenvalue weighted by molar-refractivity contribution is 0.199. The quantitative estimate of drug-likeness (QED) is 0.787. The molecule has 0 spiro atoms. The van der Waals surface area contributed by atoms with Crippen molar-refractivity contribution >= 4 is 0 Å². The van der Waals surface area contributed by atoms with E-state index in [4.69, 9.17) is 4.74 Å². The molecule has 2 aromatic rings. The summed E-state index contributed by atoms with van der Waals surface area (Å²) in [6, 6.07) is 8.61. The fourth-order valence-corrected chi connectivity index (χ4v) is 2.26. The molecule has 20 heavy (non-hydrogen) atoms. The monoisotopic (exact) mass is 273 g/mol. The van der Waals surface area contributed by atoms with Crippen LogP contribution in [-0.2, 0) is 17.8 Å². The molecule has 1 heterocycles. The fraction of sp³-hybridized carbons (Fsp3) is 0.438. The maximum Gasteiger partial charge on any atom is 0.106 e. The van der Waals surface area contributed by atoms with Crippen molar-refractivity contribution in [2.45, 2.75) is 26.9 Å². The van der Waals surface area contributed by atoms with Gasteiger partial charge in [-0.25, -0.2) is 4.98 Å². The highest BCUT2D eigenvalue weighted by atomic mass is 16.5. The van der Waals surface area contributed by atoms with E-state index in [-0.39, 0.29) is 0 Å². The van der Waals surface area contributed by atoms with Gasteiger partial charge in [-0.05, 0) is 19.4 Å². The number of imidazole rings is 1. The highest BCUT2D eigenvalue weighted by molar-refractivity contribution is 5.23. The summed E-state index contributed by atoms with van der Waals surface area (Å²) in [5, 5.41) is 3.37. The van der Waals surface area contributed by atoms with Crippen LogP contribution in [0.25, 0.3) is 0 Å². The molecule has 0 aliphatic carbocycles. The van der Waals surface area contributed by atoms with Gasteiger partial charge in [0.15, 0.2) is 0 Å². The zero-order valence-electron chi connectivity index (χ0n) is 12.5. The number of nitrogens with one attached hydrogen (secondary N) is 1. The number of aryl methyl sites for hydroxylation is 2. The van der Waals surface area contributed by atoms with Gasteiger partial charge in [-0.3, -0.25) is 0 Å². The molecular formula is C16H23N3O. The molecule has 0 saturated heterocycles. The molecule has 108 valence electrons. The van der Waals surface area contributed by atoms with Crippen LogP contribution >= 0.6 is 0 Å². The molecule has 2 rings (SSSR count). The minimum atomic E-state index is 0.727. The third-order valence-corrected chi connectivity index (χ3v) is 3.35. The predicted octanol–water partition coefficient (Wildman–Crippen LogP) is 2.28. The summed E-state index contributed by atoms with van der Waals surface area (Å²) in [7, 11) is 1.72. The first-order valence-electron chi connectivity index (χ1n) is 6.97. The van der Waals surface area contributed by atoms with Gasteiger partial charge in [-0.1, -0.05) is 29.8 Å². The van der Waals surface area contributed by atoms with E-state index >= 15 is 0 Å². The van der Waals surface area contributed by atoms with Gasteiger partial charge in [-0.15, -0.1) is 0 Å². The summed E-state index contributed by atoms with van der Waals surface area (Å²) in [6.45, 7) is 7.44. The Morgan fingerprint density at radius 3 is 2.90 bits per heavy atom. The van der Waals surface area contributed by atoms with Gasteiger partial charge in [0.1, 0.15) is 5.82 Å². The molecule has 4 heteroatoms. The van der Waals surface area contributed by atoms with Gasteiger partial charge >= 0.3 is 0 Å². The Bertz CT molecular complexity index is 548. The highest BCUT2D eigenvalue weighted by Crippen LogP contribution is 2.11. The minimum absolute atomic E-state index is 0.727. The Balaban J connectivity index is 2.05. The van der Waals surface area contributed by atoms with Crippen LogP contribution in [0.2, 0.25) is 0 Å². The van der Waals surface area contributed by atoms with Crippen LogP contribution in [0.4, 0.5) is 0 Å². The Kier molecular flexibility index (Phi) is 5.32. The van der Waals surface area contributed by atoms with Gasteiger partial charge in [0.25, 0.3) is 0 Å². The number of methoxy groups -OCH3 is 1. The van der Waals surface area contributed by atoms with Gasteiger partial charge in [0, 0.05) is 32.9 Å². The van der Waals surface area contributed by atoms with Crippen molar-refractivity contribution in [3.63, 3.8) is 0 Å². The molecule has 1 N–H and O–H groups in total. The molecule has 0 aliphatic rings. The van der Waals surface area contributed by atoms with Crippen LogP contribution in [0.3, 0.4) is 0 Å². The van der Waals surface area contributed by atoms with Gasteiger partial charge in [0.05, 0.1) is 12.3 Å². The van der Waals surface area contributed by atoms with Crippen LogP contribution in [0.1, 0.15) is 22.6 Å². The molecule has 0 aliphatic heterocycles. The number of aromatic nitrogens is 2. The van der Waals surface area contributed by atoms with Crippen molar-refractivity contribution in [3.05, 3.63) is 53.1 Å². The predicted molar refractivity (Wildman–Crippen MR) is 80.8 cm³/mol. The molecule has 0 atom stereocenters. The molecule has 0 fully saturated rings. The van der Waals surface area contributed by atoms with E-state index in [2.05, 4.69) is 53.0 Å². The van der Waals surface area contributed by atoms with Crippen molar-refractivity contribution in [1.82, 2.24) is 14.9 Å². The lowest BCUT2D eigenvalue weighted by atomic mass is 10.1. The summed E-state index contributed by atoms with van der Waals surface area (Å²) in [6.07, 6.45) is 1.95. The van der Waals surface area contributed by atoms with Crippen LogP contribution < -0.4 is 5.32 Å². The number of nitrogens with zero attached hydrogens (tertiary/aromatic N) is 2. The Labute approximate surface area is 120 Å². The average molecular weight is 273 g/mol. The van der Waals surface area contributed by atoms with E-state index in [0.29, 0.717) is 0 Å². The lowest BCUT2D eigenvalue weighted by Crippen LogP contribution is -2.21. The normalized spacial score (nSPS) is 10.9. The third-order valence-electron chi connectivity index (χ3n) is 3.35. The second kappa shape index (κ2) is 7.22. The molecule has 0 unspecified atom stereocenters. The fourth-order valence-electron chi connectivity index (χ4n) is 2.26. The molecule has 0 radical (unpaired) electrons. The van der Waals surface area contributed by atoms with Crippen molar-refractivity contribution in [2.24, 2.45) is 0 Å². The average Bonchev–Trinajstić information content (AvgIpc) is 2.76. The first kappa shape index (κ1) is 14.8. The summed E-state index contributed by atoms with van der Waals surface area (Å²) in [5.74, 6) is 1.05. The SMILES string of the molecule is COCCNCc1cnc(C)n1Cc1cccc(C)c1. The maximum atomic E-state index is 5.04. The molecule has 4 nitrogen and oxygen atoms in total. The zero-order chi connectivity index (χ0) is 14.4. The van der Waals surface area contributed by atoms with Crippen molar-refractivity contribution in [1.29, 1.82) is 0 Å². The standard InChI is InChI=1S/C16H23N3O/c1-13-5-4-6-15(9-13)12-19-14(2)18-11-16(19)10-17-7-8-20-3/h4-6,9,11,17H,7-8,10,12H2,1-3H3. The molecular weight excluding hydrogens is 250 g/mol. The summed E-state index contributed by atoms with van der Waals surface area (Å²) in [5.41, 5.74) is 3.81. The van der Waals surface area contributed by atoms with E-state index in [1.807, 2.05) is 6.20 Å². The molecule has 1 aromatic carbocycles. The number of hydrogen-bond acceptors (Lipinski definition) is 3. The van der Waals surface area contributed by atoms with Gasteiger partial charge in [0.2, 0.25) is 0 Å². The zero-order valence-corrected chi connectivity index (χ0v) is 12.5. The van der Waals surface area contributed by atoms with Gasteiger partial charge < -0.3 is 14.6 Å². The second-order valence-electron chi connectivity index (χ2n) is 5.04. The number of ether oxygens (including phenoxy) is 1. The van der Waals surface area contributed by atoms with Crippen molar-refractivity contribution in [2.75, 3.05) is 20.3 Å². The Morgan fingerprint density at radius 2 is 2.15 bits per heavy atom. The third kappa shape index (κ3) is 3.92. The Morgan fingerprint density at radius 1 is 1.30 bits per heavy atom. The lowest BCUT2D eigenvalue weighted by Gasteiger charge is -2.11. The molecule has 0 amide bonds. The van der Waals surface area contributed by atoms with Crippen LogP contribution in [0.5, 0.6) is 0 Å². The van der Waals surface area contributed by atoms with E-state index in [1.165, 1.54) is 16.8 Å². The van der Waals surface area contributed by atoms with Crippen molar-refractivity contribution < 1.29 is 4.74 Å². The first-order chi connectivity index (χ1) is 9.70. The minimum Gasteiger partial charge on any atom is -0.383 e. The number of rotatable bonds is 7. The Hall–Kier alpha value is -1.65. The number of hydrogen-bond donors (Lipinski definition) is 1.